The summed E-state index contributed by atoms with van der Waals surface area (Å²) in [5.41, 5.74) is 1.94. The Morgan fingerprint density at radius 1 is 0.865 bits per heavy atom. The lowest BCUT2D eigenvalue weighted by Gasteiger charge is -2.13. The van der Waals surface area contributed by atoms with E-state index in [9.17, 15) is 14.0 Å². The average Bonchev–Trinajstić information content (AvgIpc) is 3.34. The molecule has 37 heavy (non-hydrogen) atoms. The van der Waals surface area contributed by atoms with Gasteiger partial charge in [-0.05, 0) is 55.0 Å². The van der Waals surface area contributed by atoms with Crippen LogP contribution in [0.1, 0.15) is 33.3 Å². The normalized spacial score (nSPS) is 10.6. The highest BCUT2D eigenvalue weighted by Crippen LogP contribution is 2.36. The van der Waals surface area contributed by atoms with Crippen molar-refractivity contribution in [3.05, 3.63) is 95.4 Å². The number of esters is 2. The molecule has 1 aromatic heterocycles. The van der Waals surface area contributed by atoms with Gasteiger partial charge in [-0.15, -0.1) is 0 Å². The molecular weight excluding hydrogens is 479 g/mol. The lowest BCUT2D eigenvalue weighted by atomic mass is 10.0. The molecule has 0 atom stereocenters. The standard InChI is InChI=1S/C28H25FN2O6/c1-4-36-23-16-19(12-15-22(23)37-17-18-10-13-20(29)14-11-18)25-24(27(32)34-2)26(28(33)35-3)31(30-25)21-8-6-5-7-9-21/h5-16H,4,17H2,1-3H3. The Bertz CT molecular complexity index is 1400. The molecule has 0 spiro atoms. The van der Waals surface area contributed by atoms with E-state index in [2.05, 4.69) is 5.10 Å². The third-order valence-electron chi connectivity index (χ3n) is 5.48. The van der Waals surface area contributed by atoms with Crippen LogP contribution in [0.4, 0.5) is 4.39 Å². The first-order valence-electron chi connectivity index (χ1n) is 11.5. The Labute approximate surface area is 213 Å². The molecule has 0 unspecified atom stereocenters. The predicted octanol–water partition coefficient (Wildman–Crippen LogP) is 5.23. The number of halogens is 1. The van der Waals surface area contributed by atoms with Crippen LogP contribution in [0.15, 0.2) is 72.8 Å². The highest BCUT2D eigenvalue weighted by atomic mass is 19.1. The minimum atomic E-state index is -0.743. The van der Waals surface area contributed by atoms with E-state index in [4.69, 9.17) is 18.9 Å². The monoisotopic (exact) mass is 504 g/mol. The lowest BCUT2D eigenvalue weighted by molar-refractivity contribution is 0.0549. The summed E-state index contributed by atoms with van der Waals surface area (Å²) >= 11 is 0. The molecule has 0 saturated heterocycles. The maximum atomic E-state index is 13.2. The van der Waals surface area contributed by atoms with Gasteiger partial charge in [0, 0.05) is 5.56 Å². The summed E-state index contributed by atoms with van der Waals surface area (Å²) in [6.45, 7) is 2.38. The second-order valence-electron chi connectivity index (χ2n) is 7.81. The van der Waals surface area contributed by atoms with Crippen LogP contribution in [0.5, 0.6) is 11.5 Å². The van der Waals surface area contributed by atoms with Crippen molar-refractivity contribution in [3.8, 4) is 28.4 Å². The fourth-order valence-corrected chi connectivity index (χ4v) is 3.74. The maximum Gasteiger partial charge on any atom is 0.357 e. The number of para-hydroxylation sites is 1. The highest BCUT2D eigenvalue weighted by Gasteiger charge is 2.31. The first-order chi connectivity index (χ1) is 18.0. The van der Waals surface area contributed by atoms with Crippen molar-refractivity contribution in [1.82, 2.24) is 9.78 Å². The third kappa shape index (κ3) is 5.45. The maximum absolute atomic E-state index is 13.2. The number of nitrogens with zero attached hydrogens (tertiary/aromatic N) is 2. The molecule has 4 aromatic rings. The molecule has 0 radical (unpaired) electrons. The van der Waals surface area contributed by atoms with Gasteiger partial charge in [-0.1, -0.05) is 30.3 Å². The third-order valence-corrected chi connectivity index (χ3v) is 5.48. The molecule has 0 aliphatic heterocycles. The smallest absolute Gasteiger partial charge is 0.357 e. The van der Waals surface area contributed by atoms with Gasteiger partial charge in [0.05, 0.1) is 26.5 Å². The van der Waals surface area contributed by atoms with Crippen molar-refractivity contribution < 1.29 is 32.9 Å². The first kappa shape index (κ1) is 25.4. The summed E-state index contributed by atoms with van der Waals surface area (Å²) in [7, 11) is 2.46. The number of ether oxygens (including phenoxy) is 4. The van der Waals surface area contributed by atoms with Crippen molar-refractivity contribution in [3.63, 3.8) is 0 Å². The van der Waals surface area contributed by atoms with Crippen LogP contribution in [-0.2, 0) is 16.1 Å². The van der Waals surface area contributed by atoms with E-state index in [0.717, 1.165) is 5.56 Å². The molecule has 3 aromatic carbocycles. The van der Waals surface area contributed by atoms with Crippen LogP contribution >= 0.6 is 0 Å². The van der Waals surface area contributed by atoms with Crippen molar-refractivity contribution in [2.75, 3.05) is 20.8 Å². The SMILES string of the molecule is CCOc1cc(-c2nn(-c3ccccc3)c(C(=O)OC)c2C(=O)OC)ccc1OCc1ccc(F)cc1. The van der Waals surface area contributed by atoms with Crippen LogP contribution < -0.4 is 9.47 Å². The molecule has 9 heteroatoms. The number of carbonyl (C=O) groups is 2. The average molecular weight is 505 g/mol. The highest BCUT2D eigenvalue weighted by molar-refractivity contribution is 6.06. The summed E-state index contributed by atoms with van der Waals surface area (Å²) in [5.74, 6) is -0.956. The van der Waals surface area contributed by atoms with Gasteiger partial charge >= 0.3 is 11.9 Å². The number of methoxy groups -OCH3 is 2. The quantitative estimate of drug-likeness (QED) is 0.289. The molecule has 0 N–H and O–H groups in total. The first-order valence-corrected chi connectivity index (χ1v) is 11.5. The number of hydrogen-bond acceptors (Lipinski definition) is 7. The van der Waals surface area contributed by atoms with Crippen molar-refractivity contribution in [2.45, 2.75) is 13.5 Å². The van der Waals surface area contributed by atoms with Crippen LogP contribution in [0.2, 0.25) is 0 Å². The van der Waals surface area contributed by atoms with E-state index >= 15 is 0 Å². The molecule has 0 fully saturated rings. The van der Waals surface area contributed by atoms with Gasteiger partial charge in [-0.3, -0.25) is 0 Å². The second kappa shape index (κ2) is 11.4. The minimum absolute atomic E-state index is 0.0411. The largest absolute Gasteiger partial charge is 0.490 e. The van der Waals surface area contributed by atoms with Gasteiger partial charge in [-0.2, -0.15) is 5.10 Å². The molecule has 0 amide bonds. The van der Waals surface area contributed by atoms with E-state index < -0.39 is 11.9 Å². The number of aromatic nitrogens is 2. The minimum Gasteiger partial charge on any atom is -0.490 e. The molecular formula is C28H25FN2O6. The van der Waals surface area contributed by atoms with Gasteiger partial charge in [0.2, 0.25) is 0 Å². The zero-order valence-electron chi connectivity index (χ0n) is 20.6. The summed E-state index contributed by atoms with van der Waals surface area (Å²) in [6, 6.07) is 20.0. The van der Waals surface area contributed by atoms with E-state index in [1.807, 2.05) is 13.0 Å². The second-order valence-corrected chi connectivity index (χ2v) is 7.81. The fraction of sp³-hybridized carbons (Fsp3) is 0.179. The Hall–Kier alpha value is -4.66. The lowest BCUT2D eigenvalue weighted by Crippen LogP contribution is -2.15. The fourth-order valence-electron chi connectivity index (χ4n) is 3.74. The van der Waals surface area contributed by atoms with Crippen molar-refractivity contribution in [1.29, 1.82) is 0 Å². The molecule has 0 saturated carbocycles. The van der Waals surface area contributed by atoms with Gasteiger partial charge < -0.3 is 18.9 Å². The number of rotatable bonds is 9. The molecule has 1 heterocycles. The van der Waals surface area contributed by atoms with E-state index in [1.54, 1.807) is 54.6 Å². The summed E-state index contributed by atoms with van der Waals surface area (Å²) in [4.78, 5) is 25.7. The summed E-state index contributed by atoms with van der Waals surface area (Å²) in [5, 5.41) is 4.60. The number of carbonyl (C=O) groups excluding carboxylic acids is 2. The van der Waals surface area contributed by atoms with E-state index in [1.165, 1.54) is 31.0 Å². The molecule has 4 rings (SSSR count). The molecule has 190 valence electrons. The van der Waals surface area contributed by atoms with Crippen LogP contribution in [0.3, 0.4) is 0 Å². The molecule has 0 aliphatic carbocycles. The van der Waals surface area contributed by atoms with Crippen LogP contribution in [0, 0.1) is 5.82 Å². The number of hydrogen-bond donors (Lipinski definition) is 0. The van der Waals surface area contributed by atoms with Crippen LogP contribution in [0.25, 0.3) is 16.9 Å². The van der Waals surface area contributed by atoms with Gasteiger partial charge in [-0.25, -0.2) is 18.7 Å². The predicted molar refractivity (Wildman–Crippen MR) is 134 cm³/mol. The zero-order chi connectivity index (χ0) is 26.4. The Balaban J connectivity index is 1.81. The Morgan fingerprint density at radius 3 is 2.22 bits per heavy atom. The van der Waals surface area contributed by atoms with E-state index in [0.29, 0.717) is 29.4 Å². The van der Waals surface area contributed by atoms with Crippen molar-refractivity contribution >= 4 is 11.9 Å². The zero-order valence-corrected chi connectivity index (χ0v) is 20.6. The van der Waals surface area contributed by atoms with Crippen LogP contribution in [-0.4, -0.2) is 42.5 Å². The molecule has 8 nitrogen and oxygen atoms in total. The number of benzene rings is 3. The molecule has 0 aliphatic rings. The topological polar surface area (TPSA) is 88.9 Å². The van der Waals surface area contributed by atoms with Crippen molar-refractivity contribution in [2.24, 2.45) is 0 Å². The van der Waals surface area contributed by atoms with Gasteiger partial charge in [0.1, 0.15) is 23.7 Å². The summed E-state index contributed by atoms with van der Waals surface area (Å²) < 4.78 is 36.3. The van der Waals surface area contributed by atoms with Gasteiger partial charge in [0.25, 0.3) is 0 Å². The van der Waals surface area contributed by atoms with Gasteiger partial charge in [0.15, 0.2) is 17.2 Å². The Morgan fingerprint density at radius 2 is 1.57 bits per heavy atom. The van der Waals surface area contributed by atoms with E-state index in [-0.39, 0.29) is 29.4 Å². The molecule has 0 bridgehead atoms. The summed E-state index contributed by atoms with van der Waals surface area (Å²) in [6.07, 6.45) is 0. The Kier molecular flexibility index (Phi) is 7.83.